The molecule has 0 saturated carbocycles. The highest BCUT2D eigenvalue weighted by Crippen LogP contribution is 2.23. The van der Waals surface area contributed by atoms with Crippen molar-refractivity contribution >= 4 is 23.2 Å². The molecular formula is C21H24ClN3O4. The Kier molecular flexibility index (Phi) is 6.84. The van der Waals surface area contributed by atoms with Crippen molar-refractivity contribution < 1.29 is 14.5 Å². The zero-order valence-electron chi connectivity index (χ0n) is 16.4. The van der Waals surface area contributed by atoms with Gasteiger partial charge < -0.3 is 10.1 Å². The summed E-state index contributed by atoms with van der Waals surface area (Å²) in [5.74, 6) is -0.506. The zero-order valence-corrected chi connectivity index (χ0v) is 17.2. The minimum Gasteiger partial charge on any atom is -0.373 e. The third-order valence-electron chi connectivity index (χ3n) is 4.78. The van der Waals surface area contributed by atoms with E-state index in [9.17, 15) is 14.9 Å². The van der Waals surface area contributed by atoms with Crippen molar-refractivity contribution in [1.29, 1.82) is 0 Å². The summed E-state index contributed by atoms with van der Waals surface area (Å²) in [5.41, 5.74) is 1.79. The second kappa shape index (κ2) is 9.35. The van der Waals surface area contributed by atoms with E-state index in [4.69, 9.17) is 16.3 Å². The highest BCUT2D eigenvalue weighted by molar-refractivity contribution is 6.31. The molecule has 1 saturated heterocycles. The van der Waals surface area contributed by atoms with Gasteiger partial charge in [-0.05, 0) is 37.1 Å². The fraction of sp³-hybridized carbons (Fsp3) is 0.381. The van der Waals surface area contributed by atoms with Crippen molar-refractivity contribution in [3.63, 3.8) is 0 Å². The number of morpholine rings is 1. The number of nitro benzene ring substituents is 1. The number of rotatable bonds is 6. The third kappa shape index (κ3) is 5.76. The Hall–Kier alpha value is -2.48. The molecule has 1 heterocycles. The standard InChI is InChI=1S/C21H24ClN3O4/c1-14-11-24(12-15(2)29-14)13-17-5-3-16(4-6-17)10-23-21(26)19-8-7-18(22)9-20(19)25(27)28/h3-9,14-15H,10-13H2,1-2H3,(H,23,26). The van der Waals surface area contributed by atoms with Gasteiger partial charge in [-0.2, -0.15) is 0 Å². The molecule has 0 spiro atoms. The largest absolute Gasteiger partial charge is 0.373 e. The van der Waals surface area contributed by atoms with E-state index in [0.717, 1.165) is 25.2 Å². The Bertz CT molecular complexity index is 878. The first-order valence-corrected chi connectivity index (χ1v) is 9.87. The number of hydrogen-bond donors (Lipinski definition) is 1. The van der Waals surface area contributed by atoms with Crippen molar-refractivity contribution in [3.8, 4) is 0 Å². The van der Waals surface area contributed by atoms with Gasteiger partial charge in [0.15, 0.2) is 0 Å². The van der Waals surface area contributed by atoms with Crippen molar-refractivity contribution in [2.45, 2.75) is 39.1 Å². The van der Waals surface area contributed by atoms with Gasteiger partial charge in [-0.25, -0.2) is 0 Å². The second-order valence-electron chi connectivity index (χ2n) is 7.37. The van der Waals surface area contributed by atoms with Crippen LogP contribution in [0.15, 0.2) is 42.5 Å². The first kappa shape index (κ1) is 21.2. The fourth-order valence-electron chi connectivity index (χ4n) is 3.56. The van der Waals surface area contributed by atoms with Crippen LogP contribution in [0.1, 0.15) is 35.3 Å². The first-order valence-electron chi connectivity index (χ1n) is 9.49. The SMILES string of the molecule is CC1CN(Cc2ccc(CNC(=O)c3ccc(Cl)cc3[N+](=O)[O-])cc2)CC(C)O1. The lowest BCUT2D eigenvalue weighted by Crippen LogP contribution is -2.44. The predicted octanol–water partition coefficient (Wildman–Crippen LogP) is 3.79. The molecule has 0 aromatic heterocycles. The number of nitrogens with one attached hydrogen (secondary N) is 1. The van der Waals surface area contributed by atoms with E-state index < -0.39 is 10.8 Å². The number of carbonyl (C=O) groups excluding carboxylic acids is 1. The number of amides is 1. The topological polar surface area (TPSA) is 84.7 Å². The quantitative estimate of drug-likeness (QED) is 0.571. The lowest BCUT2D eigenvalue weighted by molar-refractivity contribution is -0.385. The summed E-state index contributed by atoms with van der Waals surface area (Å²) >= 11 is 5.79. The maximum atomic E-state index is 12.4. The van der Waals surface area contributed by atoms with E-state index in [-0.39, 0.29) is 35.0 Å². The van der Waals surface area contributed by atoms with E-state index in [1.807, 2.05) is 24.3 Å². The molecule has 7 nitrogen and oxygen atoms in total. The first-order chi connectivity index (χ1) is 13.8. The fourth-order valence-corrected chi connectivity index (χ4v) is 3.73. The molecule has 1 fully saturated rings. The molecule has 8 heteroatoms. The van der Waals surface area contributed by atoms with Crippen LogP contribution in [-0.4, -0.2) is 41.0 Å². The lowest BCUT2D eigenvalue weighted by Gasteiger charge is -2.35. The smallest absolute Gasteiger partial charge is 0.283 e. The lowest BCUT2D eigenvalue weighted by atomic mass is 10.1. The molecular weight excluding hydrogens is 394 g/mol. The molecule has 2 atom stereocenters. The normalized spacial score (nSPS) is 19.7. The minimum atomic E-state index is -0.608. The number of carbonyl (C=O) groups is 1. The summed E-state index contributed by atoms with van der Waals surface area (Å²) in [4.78, 5) is 25.3. The van der Waals surface area contributed by atoms with Crippen LogP contribution in [0.3, 0.4) is 0 Å². The number of nitro groups is 1. The number of nitrogens with zero attached hydrogens (tertiary/aromatic N) is 2. The highest BCUT2D eigenvalue weighted by atomic mass is 35.5. The second-order valence-corrected chi connectivity index (χ2v) is 7.81. The molecule has 2 unspecified atom stereocenters. The van der Waals surface area contributed by atoms with E-state index in [2.05, 4.69) is 24.1 Å². The minimum absolute atomic E-state index is 0.00780. The Morgan fingerprint density at radius 1 is 1.17 bits per heavy atom. The summed E-state index contributed by atoms with van der Waals surface area (Å²) in [5, 5.41) is 14.1. The van der Waals surface area contributed by atoms with Crippen LogP contribution in [-0.2, 0) is 17.8 Å². The monoisotopic (exact) mass is 417 g/mol. The Morgan fingerprint density at radius 3 is 2.41 bits per heavy atom. The molecule has 0 bridgehead atoms. The van der Waals surface area contributed by atoms with Gasteiger partial charge in [0.05, 0.1) is 17.1 Å². The van der Waals surface area contributed by atoms with Gasteiger partial charge in [-0.3, -0.25) is 19.8 Å². The van der Waals surface area contributed by atoms with Gasteiger partial charge in [0.2, 0.25) is 0 Å². The number of ether oxygens (including phenoxy) is 1. The van der Waals surface area contributed by atoms with E-state index in [1.54, 1.807) is 0 Å². The Balaban J connectivity index is 1.58. The molecule has 1 aliphatic heterocycles. The highest BCUT2D eigenvalue weighted by Gasteiger charge is 2.22. The van der Waals surface area contributed by atoms with Crippen LogP contribution < -0.4 is 5.32 Å². The van der Waals surface area contributed by atoms with Crippen LogP contribution in [0.5, 0.6) is 0 Å². The van der Waals surface area contributed by atoms with Crippen LogP contribution in [0.2, 0.25) is 5.02 Å². The van der Waals surface area contributed by atoms with Crippen LogP contribution in [0, 0.1) is 10.1 Å². The molecule has 29 heavy (non-hydrogen) atoms. The van der Waals surface area contributed by atoms with Gasteiger partial charge in [-0.15, -0.1) is 0 Å². The predicted molar refractivity (Wildman–Crippen MR) is 111 cm³/mol. The van der Waals surface area contributed by atoms with E-state index in [0.29, 0.717) is 0 Å². The summed E-state index contributed by atoms with van der Waals surface area (Å²) < 4.78 is 5.76. The number of benzene rings is 2. The average molecular weight is 418 g/mol. The Labute approximate surface area is 174 Å². The van der Waals surface area contributed by atoms with Crippen molar-refractivity contribution in [3.05, 3.63) is 74.3 Å². The van der Waals surface area contributed by atoms with Crippen molar-refractivity contribution in [2.75, 3.05) is 13.1 Å². The van der Waals surface area contributed by atoms with Gasteiger partial charge in [0.25, 0.3) is 11.6 Å². The average Bonchev–Trinajstić information content (AvgIpc) is 2.66. The maximum absolute atomic E-state index is 12.4. The molecule has 3 rings (SSSR count). The molecule has 1 aliphatic rings. The molecule has 154 valence electrons. The van der Waals surface area contributed by atoms with Gasteiger partial charge in [0.1, 0.15) is 5.56 Å². The zero-order chi connectivity index (χ0) is 21.0. The molecule has 0 radical (unpaired) electrons. The summed E-state index contributed by atoms with van der Waals surface area (Å²) in [6, 6.07) is 12.0. The number of halogens is 1. The van der Waals surface area contributed by atoms with Gasteiger partial charge in [0, 0.05) is 37.3 Å². The maximum Gasteiger partial charge on any atom is 0.283 e. The van der Waals surface area contributed by atoms with Crippen LogP contribution >= 0.6 is 11.6 Å². The van der Waals surface area contributed by atoms with Gasteiger partial charge >= 0.3 is 0 Å². The molecule has 2 aromatic rings. The summed E-state index contributed by atoms with van der Waals surface area (Å²) in [7, 11) is 0. The van der Waals surface area contributed by atoms with Gasteiger partial charge in [-0.1, -0.05) is 35.9 Å². The summed E-state index contributed by atoms with van der Waals surface area (Å²) in [6.45, 7) is 7.11. The number of hydrogen-bond acceptors (Lipinski definition) is 5. The molecule has 1 amide bonds. The van der Waals surface area contributed by atoms with Crippen molar-refractivity contribution in [1.82, 2.24) is 10.2 Å². The molecule has 2 aromatic carbocycles. The van der Waals surface area contributed by atoms with E-state index >= 15 is 0 Å². The summed E-state index contributed by atoms with van der Waals surface area (Å²) in [6.07, 6.45) is 0.454. The van der Waals surface area contributed by atoms with Crippen LogP contribution in [0.25, 0.3) is 0 Å². The third-order valence-corrected chi connectivity index (χ3v) is 5.01. The molecule has 1 N–H and O–H groups in total. The molecule has 0 aliphatic carbocycles. The van der Waals surface area contributed by atoms with E-state index in [1.165, 1.54) is 23.8 Å². The van der Waals surface area contributed by atoms with Crippen molar-refractivity contribution in [2.24, 2.45) is 0 Å². The van der Waals surface area contributed by atoms with Crippen LogP contribution in [0.4, 0.5) is 5.69 Å². The Morgan fingerprint density at radius 2 is 1.79 bits per heavy atom.